The molecule has 1 aromatic rings. The maximum absolute atomic E-state index is 11.4. The summed E-state index contributed by atoms with van der Waals surface area (Å²) in [6, 6.07) is 8.38. The first-order chi connectivity index (χ1) is 9.18. The zero-order valence-electron chi connectivity index (χ0n) is 11.5. The van der Waals surface area contributed by atoms with E-state index in [-0.39, 0.29) is 11.2 Å². The zero-order valence-corrected chi connectivity index (χ0v) is 12.3. The lowest BCUT2D eigenvalue weighted by Gasteiger charge is -2.21. The Morgan fingerprint density at radius 1 is 1.26 bits per heavy atom. The summed E-state index contributed by atoms with van der Waals surface area (Å²) in [5.74, 6) is 0.168. The van der Waals surface area contributed by atoms with Crippen molar-refractivity contribution >= 4 is 17.7 Å². The highest BCUT2D eigenvalue weighted by Gasteiger charge is 2.29. The summed E-state index contributed by atoms with van der Waals surface area (Å²) in [5.41, 5.74) is 2.64. The van der Waals surface area contributed by atoms with Crippen LogP contribution in [0.15, 0.2) is 24.3 Å². The number of hydrogen-bond donors (Lipinski definition) is 1. The van der Waals surface area contributed by atoms with Crippen LogP contribution in [0.1, 0.15) is 43.2 Å². The quantitative estimate of drug-likeness (QED) is 0.836. The largest absolute Gasteiger partial charge is 0.481 e. The molecule has 2 nitrogen and oxygen atoms in total. The van der Waals surface area contributed by atoms with Crippen LogP contribution in [0.2, 0.25) is 0 Å². The lowest BCUT2D eigenvalue weighted by atomic mass is 10.0. The first-order valence-corrected chi connectivity index (χ1v) is 8.12. The number of rotatable bonds is 4. The smallest absolute Gasteiger partial charge is 0.307 e. The molecule has 1 aliphatic carbocycles. The van der Waals surface area contributed by atoms with E-state index in [0.717, 1.165) is 25.0 Å². The first kappa shape index (κ1) is 14.4. The van der Waals surface area contributed by atoms with Gasteiger partial charge in [0.1, 0.15) is 0 Å². The van der Waals surface area contributed by atoms with Crippen LogP contribution in [0.25, 0.3) is 0 Å². The Balaban J connectivity index is 1.99. The van der Waals surface area contributed by atoms with Gasteiger partial charge < -0.3 is 5.11 Å². The third kappa shape index (κ3) is 4.00. The summed E-state index contributed by atoms with van der Waals surface area (Å²) in [7, 11) is 0. The molecule has 1 saturated carbocycles. The van der Waals surface area contributed by atoms with Gasteiger partial charge in [-0.3, -0.25) is 4.79 Å². The summed E-state index contributed by atoms with van der Waals surface area (Å²) in [6.07, 6.45) is 5.33. The zero-order chi connectivity index (χ0) is 13.7. The van der Waals surface area contributed by atoms with Crippen molar-refractivity contribution in [3.8, 4) is 0 Å². The van der Waals surface area contributed by atoms with Crippen LogP contribution in [0.3, 0.4) is 0 Å². The maximum Gasteiger partial charge on any atom is 0.307 e. The van der Waals surface area contributed by atoms with Gasteiger partial charge in [-0.15, -0.1) is 0 Å². The van der Waals surface area contributed by atoms with Crippen LogP contribution in [-0.4, -0.2) is 16.3 Å². The summed E-state index contributed by atoms with van der Waals surface area (Å²) in [4.78, 5) is 11.4. The monoisotopic (exact) mass is 278 g/mol. The molecule has 104 valence electrons. The average Bonchev–Trinajstić information content (AvgIpc) is 2.63. The van der Waals surface area contributed by atoms with Crippen LogP contribution in [0.4, 0.5) is 0 Å². The van der Waals surface area contributed by atoms with Crippen molar-refractivity contribution in [2.24, 2.45) is 5.92 Å². The van der Waals surface area contributed by atoms with E-state index in [1.54, 1.807) is 0 Å². The van der Waals surface area contributed by atoms with Gasteiger partial charge in [0.25, 0.3) is 0 Å². The molecule has 19 heavy (non-hydrogen) atoms. The van der Waals surface area contributed by atoms with Gasteiger partial charge in [0.15, 0.2) is 0 Å². The van der Waals surface area contributed by atoms with Gasteiger partial charge in [0.2, 0.25) is 0 Å². The van der Waals surface area contributed by atoms with Gasteiger partial charge in [0.05, 0.1) is 5.92 Å². The second-order valence-corrected chi connectivity index (χ2v) is 6.59. The van der Waals surface area contributed by atoms with E-state index in [9.17, 15) is 9.90 Å². The number of benzene rings is 1. The highest BCUT2D eigenvalue weighted by atomic mass is 32.2. The Morgan fingerprint density at radius 2 is 2.00 bits per heavy atom. The number of thioether (sulfide) groups is 1. The predicted octanol–water partition coefficient (Wildman–Crippen LogP) is 4.26. The molecule has 0 aliphatic heterocycles. The van der Waals surface area contributed by atoms with E-state index in [0.29, 0.717) is 0 Å². The Kier molecular flexibility index (Phi) is 5.32. The van der Waals surface area contributed by atoms with Gasteiger partial charge in [-0.1, -0.05) is 43.5 Å². The molecule has 1 aliphatic rings. The summed E-state index contributed by atoms with van der Waals surface area (Å²) in [5, 5.41) is 9.65. The third-order valence-corrected chi connectivity index (χ3v) is 5.45. The van der Waals surface area contributed by atoms with Crippen molar-refractivity contribution in [3.05, 3.63) is 35.4 Å². The highest BCUT2D eigenvalue weighted by Crippen LogP contribution is 2.34. The summed E-state index contributed by atoms with van der Waals surface area (Å²) >= 11 is 1.83. The lowest BCUT2D eigenvalue weighted by Crippen LogP contribution is -2.24. The van der Waals surface area contributed by atoms with E-state index in [2.05, 4.69) is 31.2 Å². The number of carbonyl (C=O) groups is 1. The minimum absolute atomic E-state index is 0.156. The number of aryl methyl sites for hydroxylation is 1. The molecule has 0 heterocycles. The van der Waals surface area contributed by atoms with Gasteiger partial charge >= 0.3 is 5.97 Å². The number of hydrogen-bond acceptors (Lipinski definition) is 2. The second kappa shape index (κ2) is 6.99. The fourth-order valence-electron chi connectivity index (χ4n) is 2.72. The van der Waals surface area contributed by atoms with Crippen LogP contribution >= 0.6 is 11.8 Å². The normalized spacial score (nSPS) is 23.8. The fourth-order valence-corrected chi connectivity index (χ4v) is 4.26. The molecule has 0 radical (unpaired) electrons. The van der Waals surface area contributed by atoms with Crippen molar-refractivity contribution in [2.75, 3.05) is 0 Å². The number of aliphatic carboxylic acids is 1. The van der Waals surface area contributed by atoms with Crippen LogP contribution in [0.5, 0.6) is 0 Å². The van der Waals surface area contributed by atoms with E-state index in [1.807, 2.05) is 11.8 Å². The molecule has 2 unspecified atom stereocenters. The topological polar surface area (TPSA) is 37.3 Å². The molecule has 1 aromatic carbocycles. The molecule has 1 fully saturated rings. The lowest BCUT2D eigenvalue weighted by molar-refractivity contribution is -0.141. The van der Waals surface area contributed by atoms with E-state index in [1.165, 1.54) is 24.0 Å². The van der Waals surface area contributed by atoms with E-state index < -0.39 is 5.97 Å². The SMILES string of the molecule is Cc1ccccc1CSC1CCCCCC1C(=O)O. The maximum atomic E-state index is 11.4. The third-order valence-electron chi connectivity index (χ3n) is 3.98. The van der Waals surface area contributed by atoms with Crippen molar-refractivity contribution in [2.45, 2.75) is 50.0 Å². The van der Waals surface area contributed by atoms with Crippen molar-refractivity contribution in [3.63, 3.8) is 0 Å². The average molecular weight is 278 g/mol. The van der Waals surface area contributed by atoms with Gasteiger partial charge in [0, 0.05) is 11.0 Å². The van der Waals surface area contributed by atoms with E-state index >= 15 is 0 Å². The molecule has 0 saturated heterocycles. The fraction of sp³-hybridized carbons (Fsp3) is 0.562. The van der Waals surface area contributed by atoms with Gasteiger partial charge in [-0.2, -0.15) is 11.8 Å². The number of carboxylic acids is 1. The van der Waals surface area contributed by atoms with Crippen LogP contribution in [0, 0.1) is 12.8 Å². The Labute approximate surface area is 119 Å². The summed E-state index contributed by atoms with van der Waals surface area (Å²) < 4.78 is 0. The van der Waals surface area contributed by atoms with E-state index in [4.69, 9.17) is 0 Å². The highest BCUT2D eigenvalue weighted by molar-refractivity contribution is 7.99. The molecule has 0 spiro atoms. The predicted molar refractivity (Wildman–Crippen MR) is 80.5 cm³/mol. The van der Waals surface area contributed by atoms with Crippen molar-refractivity contribution in [1.29, 1.82) is 0 Å². The first-order valence-electron chi connectivity index (χ1n) is 7.07. The van der Waals surface area contributed by atoms with Gasteiger partial charge in [-0.25, -0.2) is 0 Å². The Morgan fingerprint density at radius 3 is 2.74 bits per heavy atom. The molecular weight excluding hydrogens is 256 g/mol. The van der Waals surface area contributed by atoms with Crippen molar-refractivity contribution < 1.29 is 9.90 Å². The molecule has 2 atom stereocenters. The van der Waals surface area contributed by atoms with Crippen LogP contribution < -0.4 is 0 Å². The molecule has 0 bridgehead atoms. The molecule has 0 aromatic heterocycles. The molecule has 2 rings (SSSR count). The second-order valence-electron chi connectivity index (χ2n) is 5.36. The molecular formula is C16H22O2S. The Hall–Kier alpha value is -0.960. The molecule has 1 N–H and O–H groups in total. The Bertz CT molecular complexity index is 431. The molecule has 0 amide bonds. The van der Waals surface area contributed by atoms with Crippen LogP contribution in [-0.2, 0) is 10.5 Å². The minimum Gasteiger partial charge on any atom is -0.481 e. The van der Waals surface area contributed by atoms with Gasteiger partial charge in [-0.05, 0) is 30.9 Å². The summed E-state index contributed by atoms with van der Waals surface area (Å²) in [6.45, 7) is 2.12. The molecule has 3 heteroatoms. The number of carboxylic acid groups (broad SMARTS) is 1. The standard InChI is InChI=1S/C16H22O2S/c1-12-7-5-6-8-13(12)11-19-15-10-4-2-3-9-14(15)16(17)18/h5-8,14-15H,2-4,9-11H2,1H3,(H,17,18). The minimum atomic E-state index is -0.607. The van der Waals surface area contributed by atoms with Crippen molar-refractivity contribution in [1.82, 2.24) is 0 Å².